The Morgan fingerprint density at radius 1 is 1.33 bits per heavy atom. The minimum absolute atomic E-state index is 0.610. The SMILES string of the molecule is COCCOCCNc1ccc2scnc2c1N. The van der Waals surface area contributed by atoms with Crippen molar-refractivity contribution in [2.75, 3.05) is 44.5 Å². The zero-order chi connectivity index (χ0) is 12.8. The van der Waals surface area contributed by atoms with Crippen LogP contribution in [-0.4, -0.2) is 38.5 Å². The Balaban J connectivity index is 1.86. The summed E-state index contributed by atoms with van der Waals surface area (Å²) in [5, 5.41) is 3.25. The number of nitrogens with one attached hydrogen (secondary N) is 1. The van der Waals surface area contributed by atoms with Gasteiger partial charge in [-0.25, -0.2) is 4.98 Å². The van der Waals surface area contributed by atoms with Crippen LogP contribution in [0.15, 0.2) is 17.6 Å². The lowest BCUT2D eigenvalue weighted by molar-refractivity contribution is 0.0759. The summed E-state index contributed by atoms with van der Waals surface area (Å²) in [4.78, 5) is 4.25. The summed E-state index contributed by atoms with van der Waals surface area (Å²) in [6.07, 6.45) is 0. The first kappa shape index (κ1) is 13.1. The number of benzene rings is 1. The molecule has 5 nitrogen and oxygen atoms in total. The molecule has 2 aromatic rings. The van der Waals surface area contributed by atoms with E-state index in [1.807, 2.05) is 12.1 Å². The van der Waals surface area contributed by atoms with E-state index in [9.17, 15) is 0 Å². The maximum absolute atomic E-state index is 6.05. The van der Waals surface area contributed by atoms with Crippen molar-refractivity contribution >= 4 is 32.9 Å². The Bertz CT molecular complexity index is 501. The molecule has 0 atom stereocenters. The molecule has 98 valence electrons. The maximum Gasteiger partial charge on any atom is 0.106 e. The molecule has 18 heavy (non-hydrogen) atoms. The smallest absolute Gasteiger partial charge is 0.106 e. The van der Waals surface area contributed by atoms with Gasteiger partial charge in [0.1, 0.15) is 5.52 Å². The zero-order valence-electron chi connectivity index (χ0n) is 10.3. The summed E-state index contributed by atoms with van der Waals surface area (Å²) in [5.41, 5.74) is 10.3. The van der Waals surface area contributed by atoms with Crippen molar-refractivity contribution in [2.45, 2.75) is 0 Å². The van der Waals surface area contributed by atoms with Gasteiger partial charge in [-0.1, -0.05) is 0 Å². The molecule has 3 N–H and O–H groups in total. The first-order valence-electron chi connectivity index (χ1n) is 5.75. The fraction of sp³-hybridized carbons (Fsp3) is 0.417. The summed E-state index contributed by atoms with van der Waals surface area (Å²) < 4.78 is 11.4. The van der Waals surface area contributed by atoms with E-state index in [2.05, 4.69) is 10.3 Å². The highest BCUT2D eigenvalue weighted by Gasteiger charge is 2.05. The number of hydrogen-bond acceptors (Lipinski definition) is 6. The molecule has 1 aromatic carbocycles. The number of methoxy groups -OCH3 is 1. The van der Waals surface area contributed by atoms with Crippen LogP contribution >= 0.6 is 11.3 Å². The number of anilines is 2. The second-order valence-corrected chi connectivity index (χ2v) is 4.64. The third-order valence-corrected chi connectivity index (χ3v) is 3.33. The van der Waals surface area contributed by atoms with Crippen LogP contribution in [0.25, 0.3) is 10.2 Å². The fourth-order valence-electron chi connectivity index (χ4n) is 1.61. The van der Waals surface area contributed by atoms with Crippen molar-refractivity contribution in [3.63, 3.8) is 0 Å². The lowest BCUT2D eigenvalue weighted by Crippen LogP contribution is -2.12. The molecule has 0 radical (unpaired) electrons. The summed E-state index contributed by atoms with van der Waals surface area (Å²) in [6.45, 7) is 2.56. The molecule has 0 amide bonds. The number of nitrogens with zero attached hydrogens (tertiary/aromatic N) is 1. The molecular formula is C12H17N3O2S. The van der Waals surface area contributed by atoms with Crippen LogP contribution in [0.3, 0.4) is 0 Å². The van der Waals surface area contributed by atoms with Gasteiger partial charge in [0, 0.05) is 13.7 Å². The number of nitrogens with two attached hydrogens (primary N) is 1. The number of fused-ring (bicyclic) bond motifs is 1. The van der Waals surface area contributed by atoms with Gasteiger partial charge >= 0.3 is 0 Å². The average molecular weight is 267 g/mol. The molecule has 6 heteroatoms. The van der Waals surface area contributed by atoms with Crippen LogP contribution in [0.2, 0.25) is 0 Å². The van der Waals surface area contributed by atoms with Gasteiger partial charge in [0.15, 0.2) is 0 Å². The number of aromatic nitrogens is 1. The van der Waals surface area contributed by atoms with E-state index < -0.39 is 0 Å². The van der Waals surface area contributed by atoms with Gasteiger partial charge in [-0.2, -0.15) is 0 Å². The predicted octanol–water partition coefficient (Wildman–Crippen LogP) is 1.95. The van der Waals surface area contributed by atoms with Crippen molar-refractivity contribution < 1.29 is 9.47 Å². The van der Waals surface area contributed by atoms with Gasteiger partial charge in [0.25, 0.3) is 0 Å². The molecule has 2 rings (SSSR count). The standard InChI is InChI=1S/C12H17N3O2S/c1-16-6-7-17-5-4-14-9-2-3-10-12(11(9)13)15-8-18-10/h2-3,8,14H,4-7,13H2,1H3. The van der Waals surface area contributed by atoms with Gasteiger partial charge in [-0.15, -0.1) is 11.3 Å². The molecule has 1 heterocycles. The van der Waals surface area contributed by atoms with Crippen LogP contribution in [0.5, 0.6) is 0 Å². The Kier molecular flexibility index (Phi) is 4.74. The summed E-state index contributed by atoms with van der Waals surface area (Å²) in [5.74, 6) is 0. The highest BCUT2D eigenvalue weighted by atomic mass is 32.1. The van der Waals surface area contributed by atoms with Gasteiger partial charge in [0.2, 0.25) is 0 Å². The predicted molar refractivity (Wildman–Crippen MR) is 75.2 cm³/mol. The van der Waals surface area contributed by atoms with Crippen LogP contribution in [0.4, 0.5) is 11.4 Å². The van der Waals surface area contributed by atoms with Crippen molar-refractivity contribution in [3.8, 4) is 0 Å². The maximum atomic E-state index is 6.05. The molecule has 0 spiro atoms. The summed E-state index contributed by atoms with van der Waals surface area (Å²) in [6, 6.07) is 4.00. The van der Waals surface area contributed by atoms with E-state index in [4.69, 9.17) is 15.2 Å². The van der Waals surface area contributed by atoms with E-state index in [-0.39, 0.29) is 0 Å². The second-order valence-electron chi connectivity index (χ2n) is 3.76. The molecule has 0 aliphatic rings. The molecule has 0 saturated heterocycles. The van der Waals surface area contributed by atoms with Gasteiger partial charge in [0.05, 0.1) is 41.4 Å². The van der Waals surface area contributed by atoms with E-state index in [0.717, 1.165) is 15.9 Å². The Morgan fingerprint density at radius 3 is 3.06 bits per heavy atom. The Hall–Kier alpha value is -1.37. The fourth-order valence-corrected chi connectivity index (χ4v) is 2.30. The number of hydrogen-bond donors (Lipinski definition) is 2. The average Bonchev–Trinajstić information content (AvgIpc) is 2.85. The largest absolute Gasteiger partial charge is 0.395 e. The third-order valence-electron chi connectivity index (χ3n) is 2.54. The van der Waals surface area contributed by atoms with Crippen LogP contribution < -0.4 is 11.1 Å². The lowest BCUT2D eigenvalue weighted by Gasteiger charge is -2.09. The molecular weight excluding hydrogens is 250 g/mol. The second kappa shape index (κ2) is 6.53. The Labute approximate surface area is 110 Å². The monoisotopic (exact) mass is 267 g/mol. The van der Waals surface area contributed by atoms with Gasteiger partial charge in [-0.3, -0.25) is 0 Å². The van der Waals surface area contributed by atoms with E-state index >= 15 is 0 Å². The third kappa shape index (κ3) is 3.10. The first-order chi connectivity index (χ1) is 8.83. The van der Waals surface area contributed by atoms with Crippen molar-refractivity contribution in [1.82, 2.24) is 4.98 Å². The quantitative estimate of drug-likeness (QED) is 0.593. The topological polar surface area (TPSA) is 69.4 Å². The molecule has 0 bridgehead atoms. The number of ether oxygens (including phenoxy) is 2. The van der Waals surface area contributed by atoms with Crippen molar-refractivity contribution in [1.29, 1.82) is 0 Å². The molecule has 0 aliphatic heterocycles. The summed E-state index contributed by atoms with van der Waals surface area (Å²) in [7, 11) is 1.66. The normalized spacial score (nSPS) is 10.9. The molecule has 0 fully saturated rings. The molecule has 0 saturated carbocycles. The highest BCUT2D eigenvalue weighted by molar-refractivity contribution is 7.16. The minimum atomic E-state index is 0.610. The van der Waals surface area contributed by atoms with Crippen LogP contribution in [0, 0.1) is 0 Å². The van der Waals surface area contributed by atoms with Gasteiger partial charge < -0.3 is 20.5 Å². The molecule has 1 aromatic heterocycles. The van der Waals surface area contributed by atoms with Crippen molar-refractivity contribution in [3.05, 3.63) is 17.6 Å². The highest BCUT2D eigenvalue weighted by Crippen LogP contribution is 2.29. The summed E-state index contributed by atoms with van der Waals surface area (Å²) >= 11 is 1.59. The van der Waals surface area contributed by atoms with E-state index in [0.29, 0.717) is 32.1 Å². The van der Waals surface area contributed by atoms with Crippen molar-refractivity contribution in [2.24, 2.45) is 0 Å². The molecule has 0 unspecified atom stereocenters. The van der Waals surface area contributed by atoms with Crippen LogP contribution in [0.1, 0.15) is 0 Å². The Morgan fingerprint density at radius 2 is 2.22 bits per heavy atom. The number of nitrogen functional groups attached to an aromatic ring is 1. The molecule has 0 aliphatic carbocycles. The first-order valence-corrected chi connectivity index (χ1v) is 6.63. The van der Waals surface area contributed by atoms with E-state index in [1.54, 1.807) is 24.0 Å². The number of rotatable bonds is 7. The zero-order valence-corrected chi connectivity index (χ0v) is 11.1. The minimum Gasteiger partial charge on any atom is -0.395 e. The van der Waals surface area contributed by atoms with Crippen LogP contribution in [-0.2, 0) is 9.47 Å². The van der Waals surface area contributed by atoms with E-state index in [1.165, 1.54) is 0 Å². The lowest BCUT2D eigenvalue weighted by atomic mass is 10.2. The number of thiazole rings is 1. The van der Waals surface area contributed by atoms with Gasteiger partial charge in [-0.05, 0) is 12.1 Å².